The molecule has 0 amide bonds. The number of likely N-dealkylation sites (N-methyl/N-ethyl adjacent to an activating group) is 1. The Hall–Kier alpha value is -1.22. The second-order valence-corrected chi connectivity index (χ2v) is 4.02. The van der Waals surface area contributed by atoms with Gasteiger partial charge >= 0.3 is 0 Å². The van der Waals surface area contributed by atoms with Crippen LogP contribution in [0.3, 0.4) is 0 Å². The van der Waals surface area contributed by atoms with E-state index in [9.17, 15) is 0 Å². The second-order valence-electron chi connectivity index (χ2n) is 4.02. The van der Waals surface area contributed by atoms with E-state index in [1.54, 1.807) is 0 Å². The largest absolute Gasteiger partial charge is 0.399 e. The van der Waals surface area contributed by atoms with E-state index in [4.69, 9.17) is 5.73 Å². The van der Waals surface area contributed by atoms with E-state index in [1.807, 2.05) is 18.2 Å². The topological polar surface area (TPSA) is 41.3 Å². The Morgan fingerprint density at radius 1 is 1.50 bits per heavy atom. The molecule has 1 aliphatic heterocycles. The fraction of sp³-hybridized carbons (Fsp3) is 0.455. The number of rotatable bonds is 2. The number of benzene rings is 1. The molecule has 76 valence electrons. The van der Waals surface area contributed by atoms with Crippen molar-refractivity contribution in [2.45, 2.75) is 12.5 Å². The molecule has 1 unspecified atom stereocenters. The molecule has 0 aromatic heterocycles. The lowest BCUT2D eigenvalue weighted by Crippen LogP contribution is -2.23. The minimum atomic E-state index is 0.571. The summed E-state index contributed by atoms with van der Waals surface area (Å²) in [6.07, 6.45) is 1.21. The van der Waals surface area contributed by atoms with Crippen molar-refractivity contribution in [2.75, 3.05) is 31.2 Å². The van der Waals surface area contributed by atoms with Crippen LogP contribution >= 0.6 is 0 Å². The predicted molar refractivity (Wildman–Crippen MR) is 60.4 cm³/mol. The highest BCUT2D eigenvalue weighted by molar-refractivity contribution is 5.54. The van der Waals surface area contributed by atoms with Crippen molar-refractivity contribution in [3.63, 3.8) is 0 Å². The highest BCUT2D eigenvalue weighted by Gasteiger charge is 2.18. The third-order valence-corrected chi connectivity index (χ3v) is 2.65. The maximum Gasteiger partial charge on any atom is 0.0400 e. The Balaban J connectivity index is 1.97. The number of nitrogens with zero attached hydrogens (tertiary/aromatic N) is 1. The zero-order valence-electron chi connectivity index (χ0n) is 8.53. The molecule has 0 radical (unpaired) electrons. The summed E-state index contributed by atoms with van der Waals surface area (Å²) in [5.74, 6) is 0. The zero-order valence-corrected chi connectivity index (χ0v) is 8.53. The molecule has 0 spiro atoms. The number of nitrogen functional groups attached to an aromatic ring is 1. The first-order valence-electron chi connectivity index (χ1n) is 5.04. The van der Waals surface area contributed by atoms with Gasteiger partial charge in [0.1, 0.15) is 0 Å². The summed E-state index contributed by atoms with van der Waals surface area (Å²) >= 11 is 0. The standard InChI is InChI=1S/C11H17N3/c1-14-6-5-11(8-14)13-10-4-2-3-9(12)7-10/h2-4,7,11,13H,5-6,8,12H2,1H3. The Bertz CT molecular complexity index is 311. The molecule has 14 heavy (non-hydrogen) atoms. The summed E-state index contributed by atoms with van der Waals surface area (Å²) in [7, 11) is 2.15. The van der Waals surface area contributed by atoms with Gasteiger partial charge in [0.25, 0.3) is 0 Å². The van der Waals surface area contributed by atoms with Crippen LogP contribution < -0.4 is 11.1 Å². The lowest BCUT2D eigenvalue weighted by atomic mass is 10.2. The second kappa shape index (κ2) is 3.88. The van der Waals surface area contributed by atoms with E-state index in [0.717, 1.165) is 17.9 Å². The van der Waals surface area contributed by atoms with Gasteiger partial charge in [-0.25, -0.2) is 0 Å². The van der Waals surface area contributed by atoms with Crippen molar-refractivity contribution >= 4 is 11.4 Å². The van der Waals surface area contributed by atoms with E-state index in [-0.39, 0.29) is 0 Å². The summed E-state index contributed by atoms with van der Waals surface area (Å²) in [6, 6.07) is 8.51. The number of hydrogen-bond donors (Lipinski definition) is 2. The summed E-state index contributed by atoms with van der Waals surface area (Å²) in [6.45, 7) is 2.30. The van der Waals surface area contributed by atoms with Gasteiger partial charge in [-0.1, -0.05) is 6.07 Å². The zero-order chi connectivity index (χ0) is 9.97. The summed E-state index contributed by atoms with van der Waals surface area (Å²) < 4.78 is 0. The SMILES string of the molecule is CN1CCC(Nc2cccc(N)c2)C1. The molecule has 3 heteroatoms. The summed E-state index contributed by atoms with van der Waals surface area (Å²) in [4.78, 5) is 2.34. The number of hydrogen-bond acceptors (Lipinski definition) is 3. The third-order valence-electron chi connectivity index (χ3n) is 2.65. The molecule has 0 saturated carbocycles. The molecule has 1 fully saturated rings. The average molecular weight is 191 g/mol. The fourth-order valence-corrected chi connectivity index (χ4v) is 1.92. The molecule has 1 atom stereocenters. The van der Waals surface area contributed by atoms with Gasteiger partial charge in [-0.2, -0.15) is 0 Å². The highest BCUT2D eigenvalue weighted by atomic mass is 15.2. The van der Waals surface area contributed by atoms with E-state index in [2.05, 4.69) is 23.3 Å². The number of nitrogens with two attached hydrogens (primary N) is 1. The van der Waals surface area contributed by atoms with Gasteiger partial charge < -0.3 is 16.0 Å². The van der Waals surface area contributed by atoms with E-state index < -0.39 is 0 Å². The first-order valence-corrected chi connectivity index (χ1v) is 5.04. The van der Waals surface area contributed by atoms with Gasteiger partial charge in [0.2, 0.25) is 0 Å². The van der Waals surface area contributed by atoms with Gasteiger partial charge in [0.05, 0.1) is 0 Å². The van der Waals surface area contributed by atoms with E-state index in [0.29, 0.717) is 6.04 Å². The van der Waals surface area contributed by atoms with Crippen molar-refractivity contribution in [2.24, 2.45) is 0 Å². The molecular formula is C11H17N3. The Morgan fingerprint density at radius 3 is 3.00 bits per heavy atom. The molecule has 1 aromatic rings. The van der Waals surface area contributed by atoms with Crippen LogP contribution in [0.5, 0.6) is 0 Å². The normalized spacial score (nSPS) is 22.5. The van der Waals surface area contributed by atoms with Gasteiger partial charge in [-0.05, 0) is 38.2 Å². The highest BCUT2D eigenvalue weighted by Crippen LogP contribution is 2.16. The van der Waals surface area contributed by atoms with Gasteiger partial charge in [-0.3, -0.25) is 0 Å². The minimum absolute atomic E-state index is 0.571. The smallest absolute Gasteiger partial charge is 0.0400 e. The molecule has 3 N–H and O–H groups in total. The van der Waals surface area contributed by atoms with Gasteiger partial charge in [-0.15, -0.1) is 0 Å². The minimum Gasteiger partial charge on any atom is -0.399 e. The Labute approximate surface area is 84.9 Å². The van der Waals surface area contributed by atoms with Gasteiger partial charge in [0.15, 0.2) is 0 Å². The number of likely N-dealkylation sites (tertiary alicyclic amines) is 1. The van der Waals surface area contributed by atoms with Crippen LogP contribution in [0, 0.1) is 0 Å². The average Bonchev–Trinajstić information content (AvgIpc) is 2.51. The van der Waals surface area contributed by atoms with Crippen LogP contribution in [-0.2, 0) is 0 Å². The molecule has 1 saturated heterocycles. The van der Waals surface area contributed by atoms with E-state index >= 15 is 0 Å². The van der Waals surface area contributed by atoms with Crippen molar-refractivity contribution in [3.05, 3.63) is 24.3 Å². The summed E-state index contributed by atoms with van der Waals surface area (Å²) in [5, 5.41) is 3.49. The number of anilines is 2. The molecule has 3 nitrogen and oxygen atoms in total. The molecule has 1 heterocycles. The van der Waals surface area contributed by atoms with Crippen LogP contribution in [0.1, 0.15) is 6.42 Å². The maximum absolute atomic E-state index is 5.71. The molecule has 2 rings (SSSR count). The molecule has 0 bridgehead atoms. The summed E-state index contributed by atoms with van der Waals surface area (Å²) in [5.41, 5.74) is 7.66. The van der Waals surface area contributed by atoms with Crippen molar-refractivity contribution in [3.8, 4) is 0 Å². The first-order chi connectivity index (χ1) is 6.74. The lowest BCUT2D eigenvalue weighted by molar-refractivity contribution is 0.414. The maximum atomic E-state index is 5.71. The van der Waals surface area contributed by atoms with Crippen LogP contribution in [0.4, 0.5) is 11.4 Å². The van der Waals surface area contributed by atoms with E-state index in [1.165, 1.54) is 13.0 Å². The first kappa shape index (κ1) is 9.34. The Morgan fingerprint density at radius 2 is 2.36 bits per heavy atom. The fourth-order valence-electron chi connectivity index (χ4n) is 1.92. The predicted octanol–water partition coefficient (Wildman–Crippen LogP) is 1.38. The quantitative estimate of drug-likeness (QED) is 0.694. The molecule has 0 aliphatic carbocycles. The van der Waals surface area contributed by atoms with Crippen molar-refractivity contribution in [1.29, 1.82) is 0 Å². The van der Waals surface area contributed by atoms with Gasteiger partial charge in [0, 0.05) is 24.0 Å². The monoisotopic (exact) mass is 191 g/mol. The van der Waals surface area contributed by atoms with Crippen LogP contribution in [-0.4, -0.2) is 31.1 Å². The molecule has 1 aromatic carbocycles. The Kier molecular flexibility index (Phi) is 2.59. The van der Waals surface area contributed by atoms with Crippen LogP contribution in [0.15, 0.2) is 24.3 Å². The van der Waals surface area contributed by atoms with Crippen LogP contribution in [0.25, 0.3) is 0 Å². The van der Waals surface area contributed by atoms with Crippen LogP contribution in [0.2, 0.25) is 0 Å². The molecule has 1 aliphatic rings. The van der Waals surface area contributed by atoms with Crippen molar-refractivity contribution < 1.29 is 0 Å². The van der Waals surface area contributed by atoms with Crippen molar-refractivity contribution in [1.82, 2.24) is 4.90 Å². The molecular weight excluding hydrogens is 174 g/mol. The number of nitrogens with one attached hydrogen (secondary N) is 1. The lowest BCUT2D eigenvalue weighted by Gasteiger charge is -2.14. The third kappa shape index (κ3) is 2.17.